The van der Waals surface area contributed by atoms with Gasteiger partial charge in [-0.05, 0) is 43.9 Å². The molecule has 0 radical (unpaired) electrons. The molecule has 1 aliphatic carbocycles. The van der Waals surface area contributed by atoms with E-state index in [0.29, 0.717) is 12.2 Å². The first kappa shape index (κ1) is 10.9. The summed E-state index contributed by atoms with van der Waals surface area (Å²) in [6, 6.07) is 4.28. The predicted octanol–water partition coefficient (Wildman–Crippen LogP) is 3.55. The molecule has 0 N–H and O–H groups in total. The van der Waals surface area contributed by atoms with Gasteiger partial charge in [0.25, 0.3) is 0 Å². The van der Waals surface area contributed by atoms with Crippen LogP contribution in [0.3, 0.4) is 0 Å². The SMILES string of the molecule is Cc1ccc2c(c1Br)C(C)(C)C(=O)CC2. The molecule has 0 spiro atoms. The monoisotopic (exact) mass is 266 g/mol. The van der Waals surface area contributed by atoms with Crippen LogP contribution < -0.4 is 0 Å². The molecule has 0 aromatic heterocycles. The van der Waals surface area contributed by atoms with Gasteiger partial charge in [-0.2, -0.15) is 0 Å². The minimum absolute atomic E-state index is 0.335. The van der Waals surface area contributed by atoms with E-state index in [1.165, 1.54) is 16.7 Å². The van der Waals surface area contributed by atoms with Crippen molar-refractivity contribution in [2.45, 2.75) is 39.0 Å². The number of halogens is 1. The predicted molar refractivity (Wildman–Crippen MR) is 65.2 cm³/mol. The normalized spacial score (nSPS) is 18.8. The van der Waals surface area contributed by atoms with Crippen LogP contribution in [0.2, 0.25) is 0 Å². The topological polar surface area (TPSA) is 17.1 Å². The number of Topliss-reactive ketones (excluding diaryl/α,β-unsaturated/α-hetero) is 1. The van der Waals surface area contributed by atoms with E-state index in [0.717, 1.165) is 10.9 Å². The van der Waals surface area contributed by atoms with Crippen molar-refractivity contribution >= 4 is 21.7 Å². The second-order valence-electron chi connectivity index (χ2n) is 4.78. The summed E-state index contributed by atoms with van der Waals surface area (Å²) in [4.78, 5) is 11.9. The van der Waals surface area contributed by atoms with Crippen LogP contribution in [0.1, 0.15) is 37.0 Å². The van der Waals surface area contributed by atoms with Crippen molar-refractivity contribution in [2.75, 3.05) is 0 Å². The summed E-state index contributed by atoms with van der Waals surface area (Å²) < 4.78 is 1.11. The maximum Gasteiger partial charge on any atom is 0.143 e. The molecule has 0 amide bonds. The Bertz CT molecular complexity index is 432. The molecule has 1 aliphatic rings. The number of fused-ring (bicyclic) bond motifs is 1. The van der Waals surface area contributed by atoms with Gasteiger partial charge >= 0.3 is 0 Å². The number of hydrogen-bond acceptors (Lipinski definition) is 1. The minimum Gasteiger partial charge on any atom is -0.299 e. The fourth-order valence-electron chi connectivity index (χ4n) is 2.30. The molecule has 0 heterocycles. The second kappa shape index (κ2) is 3.44. The summed E-state index contributed by atoms with van der Waals surface area (Å²) in [5.74, 6) is 0.348. The lowest BCUT2D eigenvalue weighted by Gasteiger charge is -2.32. The van der Waals surface area contributed by atoms with Crippen LogP contribution in [0, 0.1) is 6.92 Å². The number of aryl methyl sites for hydroxylation is 2. The Labute approximate surface area is 99.0 Å². The summed E-state index contributed by atoms with van der Waals surface area (Å²) in [5.41, 5.74) is 3.38. The smallest absolute Gasteiger partial charge is 0.143 e. The highest BCUT2D eigenvalue weighted by molar-refractivity contribution is 9.10. The van der Waals surface area contributed by atoms with Crippen molar-refractivity contribution < 1.29 is 4.79 Å². The van der Waals surface area contributed by atoms with Gasteiger partial charge in [-0.3, -0.25) is 4.79 Å². The number of rotatable bonds is 0. The lowest BCUT2D eigenvalue weighted by atomic mass is 9.71. The first-order valence-corrected chi connectivity index (χ1v) is 6.05. The molecule has 0 fully saturated rings. The van der Waals surface area contributed by atoms with Crippen molar-refractivity contribution in [3.63, 3.8) is 0 Å². The number of benzene rings is 1. The fraction of sp³-hybridized carbons (Fsp3) is 0.462. The molecule has 2 heteroatoms. The van der Waals surface area contributed by atoms with E-state index in [1.54, 1.807) is 0 Å². The molecule has 0 atom stereocenters. The van der Waals surface area contributed by atoms with E-state index >= 15 is 0 Å². The average molecular weight is 267 g/mol. The highest BCUT2D eigenvalue weighted by Crippen LogP contribution is 2.40. The number of carbonyl (C=O) groups is 1. The summed E-state index contributed by atoms with van der Waals surface area (Å²) in [6.45, 7) is 6.12. The van der Waals surface area contributed by atoms with E-state index in [4.69, 9.17) is 0 Å². The van der Waals surface area contributed by atoms with Crippen LogP contribution in [-0.2, 0) is 16.6 Å². The van der Waals surface area contributed by atoms with Crippen LogP contribution in [0.15, 0.2) is 16.6 Å². The van der Waals surface area contributed by atoms with Gasteiger partial charge in [0.2, 0.25) is 0 Å². The Morgan fingerprint density at radius 1 is 1.27 bits per heavy atom. The molecule has 0 unspecified atom stereocenters. The quantitative estimate of drug-likeness (QED) is 0.702. The molecule has 0 saturated heterocycles. The Kier molecular flexibility index (Phi) is 2.50. The van der Waals surface area contributed by atoms with E-state index < -0.39 is 0 Å². The van der Waals surface area contributed by atoms with E-state index in [9.17, 15) is 4.79 Å². The number of ketones is 1. The first-order chi connectivity index (χ1) is 6.94. The molecular formula is C13H15BrO. The van der Waals surface area contributed by atoms with Crippen LogP contribution in [0.25, 0.3) is 0 Å². The van der Waals surface area contributed by atoms with Gasteiger partial charge in [0.15, 0.2) is 0 Å². The number of carbonyl (C=O) groups excluding carboxylic acids is 1. The van der Waals surface area contributed by atoms with Crippen molar-refractivity contribution in [1.82, 2.24) is 0 Å². The van der Waals surface area contributed by atoms with Gasteiger partial charge in [-0.15, -0.1) is 0 Å². The Morgan fingerprint density at radius 3 is 2.60 bits per heavy atom. The summed E-state index contributed by atoms with van der Waals surface area (Å²) >= 11 is 3.62. The van der Waals surface area contributed by atoms with Gasteiger partial charge in [0.1, 0.15) is 5.78 Å². The minimum atomic E-state index is -0.335. The van der Waals surface area contributed by atoms with Crippen LogP contribution in [-0.4, -0.2) is 5.78 Å². The number of hydrogen-bond donors (Lipinski definition) is 0. The highest BCUT2D eigenvalue weighted by atomic mass is 79.9. The van der Waals surface area contributed by atoms with Crippen molar-refractivity contribution in [2.24, 2.45) is 0 Å². The van der Waals surface area contributed by atoms with Gasteiger partial charge < -0.3 is 0 Å². The lowest BCUT2D eigenvalue weighted by Crippen LogP contribution is -2.34. The molecular weight excluding hydrogens is 252 g/mol. The van der Waals surface area contributed by atoms with Gasteiger partial charge in [-0.1, -0.05) is 28.1 Å². The van der Waals surface area contributed by atoms with E-state index in [2.05, 4.69) is 35.0 Å². The molecule has 15 heavy (non-hydrogen) atoms. The zero-order chi connectivity index (χ0) is 11.2. The van der Waals surface area contributed by atoms with Gasteiger partial charge in [0, 0.05) is 16.3 Å². The summed E-state index contributed by atoms with van der Waals surface area (Å²) in [5, 5.41) is 0. The third-order valence-electron chi connectivity index (χ3n) is 3.36. The summed E-state index contributed by atoms with van der Waals surface area (Å²) in [7, 11) is 0. The largest absolute Gasteiger partial charge is 0.299 e. The standard InChI is InChI=1S/C13H15BrO/c1-8-4-5-9-6-7-10(15)13(2,3)11(9)12(8)14/h4-5H,6-7H2,1-3H3. The van der Waals surface area contributed by atoms with Gasteiger partial charge in [-0.25, -0.2) is 0 Å². The Morgan fingerprint density at radius 2 is 1.93 bits per heavy atom. The molecule has 0 bridgehead atoms. The van der Waals surface area contributed by atoms with Crippen LogP contribution >= 0.6 is 15.9 Å². The van der Waals surface area contributed by atoms with Crippen molar-refractivity contribution in [3.05, 3.63) is 33.3 Å². The molecule has 80 valence electrons. The molecule has 1 nitrogen and oxygen atoms in total. The van der Waals surface area contributed by atoms with E-state index in [-0.39, 0.29) is 5.41 Å². The average Bonchev–Trinajstić information content (AvgIpc) is 2.17. The van der Waals surface area contributed by atoms with Gasteiger partial charge in [0.05, 0.1) is 0 Å². The first-order valence-electron chi connectivity index (χ1n) is 5.26. The maximum atomic E-state index is 11.9. The highest BCUT2D eigenvalue weighted by Gasteiger charge is 2.36. The molecule has 0 saturated carbocycles. The zero-order valence-electron chi connectivity index (χ0n) is 9.36. The molecule has 1 aromatic carbocycles. The summed E-state index contributed by atoms with van der Waals surface area (Å²) in [6.07, 6.45) is 1.56. The van der Waals surface area contributed by atoms with Crippen molar-refractivity contribution in [1.29, 1.82) is 0 Å². The third kappa shape index (κ3) is 1.55. The van der Waals surface area contributed by atoms with E-state index in [1.807, 2.05) is 13.8 Å². The third-order valence-corrected chi connectivity index (χ3v) is 4.39. The van der Waals surface area contributed by atoms with Crippen molar-refractivity contribution in [3.8, 4) is 0 Å². The maximum absolute atomic E-state index is 11.9. The Balaban J connectivity index is 2.72. The second-order valence-corrected chi connectivity index (χ2v) is 5.57. The van der Waals surface area contributed by atoms with Crippen LogP contribution in [0.4, 0.5) is 0 Å². The lowest BCUT2D eigenvalue weighted by molar-refractivity contribution is -0.124. The molecule has 1 aromatic rings. The zero-order valence-corrected chi connectivity index (χ0v) is 10.9. The molecule has 2 rings (SSSR count). The fourth-order valence-corrected chi connectivity index (χ4v) is 3.19. The molecule has 0 aliphatic heterocycles. The Hall–Kier alpha value is -0.630. The van der Waals surface area contributed by atoms with Crippen LogP contribution in [0.5, 0.6) is 0 Å².